The predicted molar refractivity (Wildman–Crippen MR) is 81.2 cm³/mol. The van der Waals surface area contributed by atoms with E-state index < -0.39 is 6.61 Å². The van der Waals surface area contributed by atoms with Crippen molar-refractivity contribution in [2.75, 3.05) is 13.1 Å². The third-order valence-corrected chi connectivity index (χ3v) is 4.54. The molecule has 1 aromatic carbocycles. The summed E-state index contributed by atoms with van der Waals surface area (Å²) >= 11 is 0. The predicted octanol–water partition coefficient (Wildman–Crippen LogP) is 1.87. The lowest BCUT2D eigenvalue weighted by atomic mass is 9.99. The minimum absolute atomic E-state index is 0.0140. The molecule has 1 aromatic heterocycles. The van der Waals surface area contributed by atoms with Gasteiger partial charge in [0.1, 0.15) is 5.75 Å². The van der Waals surface area contributed by atoms with Gasteiger partial charge in [0.05, 0.1) is 30.6 Å². The number of hydrogen-bond acceptors (Lipinski definition) is 5. The molecule has 2 aliphatic rings. The molecule has 1 amide bonds. The number of piperidine rings is 1. The van der Waals surface area contributed by atoms with Crippen molar-refractivity contribution in [3.05, 3.63) is 41.7 Å². The summed E-state index contributed by atoms with van der Waals surface area (Å²) in [6, 6.07) is 5.65. The number of benzene rings is 1. The van der Waals surface area contributed by atoms with Crippen LogP contribution < -0.4 is 4.74 Å². The lowest BCUT2D eigenvalue weighted by Crippen LogP contribution is -2.49. The zero-order chi connectivity index (χ0) is 17.4. The second kappa shape index (κ2) is 6.40. The first kappa shape index (κ1) is 15.9. The molecule has 7 nitrogen and oxygen atoms in total. The maximum atomic E-state index is 12.7. The van der Waals surface area contributed by atoms with Gasteiger partial charge in [0.2, 0.25) is 0 Å². The largest absolute Gasteiger partial charge is 0.435 e. The van der Waals surface area contributed by atoms with Crippen molar-refractivity contribution in [1.29, 1.82) is 0 Å². The number of carbonyl (C=O) groups excluding carboxylic acids is 1. The molecule has 2 aromatic rings. The third-order valence-electron chi connectivity index (χ3n) is 4.54. The van der Waals surface area contributed by atoms with Crippen molar-refractivity contribution in [1.82, 2.24) is 19.9 Å². The van der Waals surface area contributed by atoms with E-state index in [9.17, 15) is 13.6 Å². The summed E-state index contributed by atoms with van der Waals surface area (Å²) < 4.78 is 36.4. The summed E-state index contributed by atoms with van der Waals surface area (Å²) in [5.74, 6) is -0.132. The van der Waals surface area contributed by atoms with Gasteiger partial charge in [0, 0.05) is 18.7 Å². The van der Waals surface area contributed by atoms with Crippen LogP contribution in [0.5, 0.6) is 5.75 Å². The van der Waals surface area contributed by atoms with Crippen LogP contribution in [0.1, 0.15) is 28.5 Å². The summed E-state index contributed by atoms with van der Waals surface area (Å²) in [6.45, 7) is -1.37. The maximum Gasteiger partial charge on any atom is 0.387 e. The zero-order valence-corrected chi connectivity index (χ0v) is 13.2. The fourth-order valence-corrected chi connectivity index (χ4v) is 3.33. The Morgan fingerprint density at radius 1 is 1.32 bits per heavy atom. The highest BCUT2D eigenvalue weighted by Gasteiger charge is 2.38. The minimum atomic E-state index is -2.89. The number of aromatic nitrogens is 3. The maximum absolute atomic E-state index is 12.7. The topological polar surface area (TPSA) is 69.5 Å². The third kappa shape index (κ3) is 3.07. The van der Waals surface area contributed by atoms with E-state index in [2.05, 4.69) is 15.0 Å². The second-order valence-electron chi connectivity index (χ2n) is 6.03. The fraction of sp³-hybridized carbons (Fsp3) is 0.438. The van der Waals surface area contributed by atoms with Crippen molar-refractivity contribution < 1.29 is 23.0 Å². The van der Waals surface area contributed by atoms with Crippen LogP contribution in [0.4, 0.5) is 8.78 Å². The van der Waals surface area contributed by atoms with E-state index in [0.29, 0.717) is 31.7 Å². The van der Waals surface area contributed by atoms with E-state index >= 15 is 0 Å². The molecule has 3 heterocycles. The standard InChI is InChI=1S/C16H16F2N4O3/c17-16(18)25-12-3-1-10(2-4-12)15(23)21-6-5-14-13(8-21)22-11(9-24-14)7-19-20-22/h1-4,7,13-14,16H,5-6,8-9H2/t13-,14+/m1/s1. The van der Waals surface area contributed by atoms with Gasteiger partial charge in [-0.25, -0.2) is 4.68 Å². The SMILES string of the molecule is O=C(c1ccc(OC(F)F)cc1)N1CC[C@@H]2OCc3cnnn3[C@@H]2C1. The van der Waals surface area contributed by atoms with Crippen molar-refractivity contribution in [3.8, 4) is 5.75 Å². The minimum Gasteiger partial charge on any atom is -0.435 e. The molecule has 0 aliphatic carbocycles. The first-order valence-corrected chi connectivity index (χ1v) is 7.96. The van der Waals surface area contributed by atoms with Crippen LogP contribution in [0.15, 0.2) is 30.5 Å². The number of halogens is 2. The van der Waals surface area contributed by atoms with E-state index in [1.54, 1.807) is 11.1 Å². The average molecular weight is 350 g/mol. The number of carbonyl (C=O) groups is 1. The molecule has 0 spiro atoms. The molecule has 0 radical (unpaired) electrons. The first-order valence-electron chi connectivity index (χ1n) is 7.96. The van der Waals surface area contributed by atoms with Gasteiger partial charge in [-0.3, -0.25) is 4.79 Å². The Kier molecular flexibility index (Phi) is 4.08. The molecular weight excluding hydrogens is 334 g/mol. The van der Waals surface area contributed by atoms with Crippen LogP contribution in [0, 0.1) is 0 Å². The quantitative estimate of drug-likeness (QED) is 0.845. The molecule has 9 heteroatoms. The lowest BCUT2D eigenvalue weighted by Gasteiger charge is -2.41. The van der Waals surface area contributed by atoms with E-state index in [1.807, 2.05) is 4.68 Å². The van der Waals surface area contributed by atoms with E-state index in [0.717, 1.165) is 5.69 Å². The van der Waals surface area contributed by atoms with Crippen LogP contribution in [-0.4, -0.2) is 51.6 Å². The van der Waals surface area contributed by atoms with Crippen molar-refractivity contribution >= 4 is 5.91 Å². The molecule has 1 saturated heterocycles. The van der Waals surface area contributed by atoms with E-state index in [4.69, 9.17) is 4.74 Å². The molecule has 2 aliphatic heterocycles. The summed E-state index contributed by atoms with van der Waals surface area (Å²) in [6.07, 6.45) is 2.39. The number of fused-ring (bicyclic) bond motifs is 3. The Hall–Kier alpha value is -2.55. The van der Waals surface area contributed by atoms with E-state index in [-0.39, 0.29) is 23.8 Å². The number of ether oxygens (including phenoxy) is 2. The second-order valence-corrected chi connectivity index (χ2v) is 6.03. The Labute approximate surface area is 142 Å². The molecular formula is C16H16F2N4O3. The average Bonchev–Trinajstić information content (AvgIpc) is 3.10. The molecule has 4 rings (SSSR count). The summed E-state index contributed by atoms with van der Waals surface area (Å²) in [4.78, 5) is 14.4. The fourth-order valence-electron chi connectivity index (χ4n) is 3.33. The van der Waals surface area contributed by atoms with Gasteiger partial charge in [-0.2, -0.15) is 8.78 Å². The Bertz CT molecular complexity index is 765. The lowest BCUT2D eigenvalue weighted by molar-refractivity contribution is -0.0605. The van der Waals surface area contributed by atoms with Crippen LogP contribution in [0.2, 0.25) is 0 Å². The zero-order valence-electron chi connectivity index (χ0n) is 13.2. The molecule has 0 unspecified atom stereocenters. The Morgan fingerprint density at radius 3 is 2.88 bits per heavy atom. The van der Waals surface area contributed by atoms with Crippen molar-refractivity contribution in [2.24, 2.45) is 0 Å². The van der Waals surface area contributed by atoms with Gasteiger partial charge in [0.25, 0.3) is 5.91 Å². The van der Waals surface area contributed by atoms with Crippen LogP contribution in [0.25, 0.3) is 0 Å². The summed E-state index contributed by atoms with van der Waals surface area (Å²) in [5.41, 5.74) is 1.32. The number of alkyl halides is 2. The summed E-state index contributed by atoms with van der Waals surface area (Å²) in [5, 5.41) is 8.02. The molecule has 1 fully saturated rings. The monoisotopic (exact) mass is 350 g/mol. The Balaban J connectivity index is 1.48. The molecule has 25 heavy (non-hydrogen) atoms. The van der Waals surface area contributed by atoms with Gasteiger partial charge in [0.15, 0.2) is 0 Å². The van der Waals surface area contributed by atoms with E-state index in [1.165, 1.54) is 24.3 Å². The van der Waals surface area contributed by atoms with Crippen LogP contribution >= 0.6 is 0 Å². The molecule has 0 N–H and O–H groups in total. The van der Waals surface area contributed by atoms with Gasteiger partial charge < -0.3 is 14.4 Å². The number of amides is 1. The van der Waals surface area contributed by atoms with Gasteiger partial charge in [-0.05, 0) is 30.7 Å². The molecule has 2 atom stereocenters. The van der Waals surface area contributed by atoms with Gasteiger partial charge in [-0.1, -0.05) is 5.21 Å². The summed E-state index contributed by atoms with van der Waals surface area (Å²) in [7, 11) is 0. The highest BCUT2D eigenvalue weighted by Crippen LogP contribution is 2.30. The molecule has 0 saturated carbocycles. The normalized spacial score (nSPS) is 22.4. The number of likely N-dealkylation sites (tertiary alicyclic amines) is 1. The molecule has 0 bridgehead atoms. The van der Waals surface area contributed by atoms with Gasteiger partial charge >= 0.3 is 6.61 Å². The van der Waals surface area contributed by atoms with Crippen molar-refractivity contribution in [2.45, 2.75) is 31.8 Å². The number of nitrogens with zero attached hydrogens (tertiary/aromatic N) is 4. The first-order chi connectivity index (χ1) is 12.1. The number of rotatable bonds is 3. The highest BCUT2D eigenvalue weighted by atomic mass is 19.3. The Morgan fingerprint density at radius 2 is 2.12 bits per heavy atom. The smallest absolute Gasteiger partial charge is 0.387 e. The van der Waals surface area contributed by atoms with Crippen LogP contribution in [0.3, 0.4) is 0 Å². The number of hydrogen-bond donors (Lipinski definition) is 0. The van der Waals surface area contributed by atoms with Gasteiger partial charge in [-0.15, -0.1) is 5.10 Å². The van der Waals surface area contributed by atoms with Crippen molar-refractivity contribution in [3.63, 3.8) is 0 Å². The van der Waals surface area contributed by atoms with Crippen LogP contribution in [-0.2, 0) is 11.3 Å². The molecule has 132 valence electrons. The highest BCUT2D eigenvalue weighted by molar-refractivity contribution is 5.94.